The number of hydrogen-bond acceptors (Lipinski definition) is 2. The number of ketones is 1. The zero-order valence-corrected chi connectivity index (χ0v) is 9.48. The Balaban J connectivity index is 2.65. The molecule has 0 aliphatic rings. The van der Waals surface area contributed by atoms with Crippen molar-refractivity contribution in [3.05, 3.63) is 33.4 Å². The van der Waals surface area contributed by atoms with Crippen LogP contribution < -0.4 is 0 Å². The van der Waals surface area contributed by atoms with Gasteiger partial charge < -0.3 is 5.11 Å². The second kappa shape index (κ2) is 4.72. The van der Waals surface area contributed by atoms with Gasteiger partial charge in [-0.15, -0.1) is 0 Å². The molecule has 0 aliphatic heterocycles. The Morgan fingerprint density at radius 2 is 2.00 bits per heavy atom. The highest BCUT2D eigenvalue weighted by Gasteiger charge is 2.08. The Morgan fingerprint density at radius 1 is 1.46 bits per heavy atom. The minimum absolute atomic E-state index is 0.138. The molecule has 0 saturated carbocycles. The van der Waals surface area contributed by atoms with Gasteiger partial charge >= 0.3 is 0 Å². The second-order valence-electron chi connectivity index (χ2n) is 2.95. The summed E-state index contributed by atoms with van der Waals surface area (Å²) in [5.74, 6) is -0.138. The van der Waals surface area contributed by atoms with E-state index in [1.54, 1.807) is 0 Å². The Kier molecular flexibility index (Phi) is 3.87. The van der Waals surface area contributed by atoms with Crippen LogP contribution in [0.4, 0.5) is 0 Å². The topological polar surface area (TPSA) is 37.3 Å². The van der Waals surface area contributed by atoms with Gasteiger partial charge in [-0.1, -0.05) is 12.1 Å². The lowest BCUT2D eigenvalue weighted by Crippen LogP contribution is -2.18. The van der Waals surface area contributed by atoms with E-state index in [2.05, 4.69) is 22.6 Å². The van der Waals surface area contributed by atoms with Crippen molar-refractivity contribution in [2.24, 2.45) is 0 Å². The summed E-state index contributed by atoms with van der Waals surface area (Å²) in [6.07, 6.45) is -0.548. The fourth-order valence-corrected chi connectivity index (χ4v) is 1.31. The molecule has 0 radical (unpaired) electrons. The number of carbonyl (C=O) groups excluding carboxylic acids is 1. The predicted octanol–water partition coefficient (Wildman–Crippen LogP) is 1.78. The smallest absolute Gasteiger partial charge is 0.165 e. The third kappa shape index (κ3) is 3.44. The average Bonchev–Trinajstić information content (AvgIpc) is 2.08. The van der Waals surface area contributed by atoms with Crippen LogP contribution >= 0.6 is 22.6 Å². The third-order valence-corrected chi connectivity index (χ3v) is 2.48. The fraction of sp³-hybridized carbons (Fsp3) is 0.300. The second-order valence-corrected chi connectivity index (χ2v) is 4.19. The number of carbonyl (C=O) groups is 1. The van der Waals surface area contributed by atoms with E-state index in [-0.39, 0.29) is 5.78 Å². The average molecular weight is 290 g/mol. The number of halogens is 1. The monoisotopic (exact) mass is 290 g/mol. The number of rotatable bonds is 3. The van der Waals surface area contributed by atoms with E-state index in [0.717, 1.165) is 9.13 Å². The standard InChI is InChI=1S/C10H11IO2/c1-7(12)10(13)6-8-2-4-9(11)5-3-8/h2-5,7,12H,6H2,1H3. The molecule has 3 heteroatoms. The lowest BCUT2D eigenvalue weighted by molar-refractivity contribution is -0.125. The first-order valence-electron chi connectivity index (χ1n) is 4.05. The van der Waals surface area contributed by atoms with Crippen molar-refractivity contribution in [1.29, 1.82) is 0 Å². The summed E-state index contributed by atoms with van der Waals surface area (Å²) >= 11 is 2.21. The lowest BCUT2D eigenvalue weighted by Gasteiger charge is -2.03. The van der Waals surface area contributed by atoms with Gasteiger partial charge in [0.25, 0.3) is 0 Å². The van der Waals surface area contributed by atoms with Crippen molar-refractivity contribution in [3.8, 4) is 0 Å². The molecule has 0 spiro atoms. The van der Waals surface area contributed by atoms with Gasteiger partial charge in [0, 0.05) is 9.99 Å². The molecule has 0 fully saturated rings. The maximum Gasteiger partial charge on any atom is 0.165 e. The molecule has 1 N–H and O–H groups in total. The van der Waals surface area contributed by atoms with Gasteiger partial charge in [-0.05, 0) is 47.2 Å². The molecule has 1 aromatic carbocycles. The summed E-state index contributed by atoms with van der Waals surface area (Å²) in [4.78, 5) is 11.1. The van der Waals surface area contributed by atoms with E-state index in [1.165, 1.54) is 6.92 Å². The SMILES string of the molecule is CC(O)C(=O)Cc1ccc(I)cc1. The molecule has 0 aliphatic carbocycles. The molecule has 0 saturated heterocycles. The zero-order valence-electron chi connectivity index (χ0n) is 7.33. The van der Waals surface area contributed by atoms with Crippen LogP contribution in [0.25, 0.3) is 0 Å². The number of Topliss-reactive ketones (excluding diaryl/α,β-unsaturated/α-hetero) is 1. The molecule has 0 aromatic heterocycles. The van der Waals surface area contributed by atoms with Crippen LogP contribution in [0.2, 0.25) is 0 Å². The highest BCUT2D eigenvalue weighted by atomic mass is 127. The Hall–Kier alpha value is -0.420. The van der Waals surface area contributed by atoms with E-state index in [9.17, 15) is 4.79 Å². The fourth-order valence-electron chi connectivity index (χ4n) is 0.951. The van der Waals surface area contributed by atoms with E-state index >= 15 is 0 Å². The molecule has 0 heterocycles. The molecule has 0 bridgehead atoms. The van der Waals surface area contributed by atoms with E-state index < -0.39 is 6.10 Å². The predicted molar refractivity (Wildman–Crippen MR) is 59.6 cm³/mol. The molecule has 70 valence electrons. The van der Waals surface area contributed by atoms with Gasteiger partial charge in [0.15, 0.2) is 5.78 Å². The Bertz CT molecular complexity index is 290. The molecule has 1 aromatic rings. The first-order valence-corrected chi connectivity index (χ1v) is 5.12. The van der Waals surface area contributed by atoms with Crippen LogP contribution in [-0.2, 0) is 11.2 Å². The van der Waals surface area contributed by atoms with Gasteiger partial charge in [-0.3, -0.25) is 4.79 Å². The lowest BCUT2D eigenvalue weighted by atomic mass is 10.1. The highest BCUT2D eigenvalue weighted by molar-refractivity contribution is 14.1. The number of aliphatic hydroxyl groups excluding tert-OH is 1. The highest BCUT2D eigenvalue weighted by Crippen LogP contribution is 2.08. The van der Waals surface area contributed by atoms with E-state index in [4.69, 9.17) is 5.11 Å². The van der Waals surface area contributed by atoms with Crippen LogP contribution in [0, 0.1) is 3.57 Å². The molecule has 1 rings (SSSR count). The normalized spacial score (nSPS) is 12.5. The van der Waals surface area contributed by atoms with Crippen molar-refractivity contribution in [1.82, 2.24) is 0 Å². The van der Waals surface area contributed by atoms with Crippen molar-refractivity contribution in [2.45, 2.75) is 19.4 Å². The number of benzene rings is 1. The third-order valence-electron chi connectivity index (χ3n) is 1.76. The largest absolute Gasteiger partial charge is 0.386 e. The van der Waals surface area contributed by atoms with Crippen LogP contribution in [0.5, 0.6) is 0 Å². The molecule has 2 nitrogen and oxygen atoms in total. The van der Waals surface area contributed by atoms with Crippen molar-refractivity contribution in [2.75, 3.05) is 0 Å². The summed E-state index contributed by atoms with van der Waals surface area (Å²) < 4.78 is 1.14. The molecule has 1 atom stereocenters. The molecular formula is C10H11IO2. The number of aliphatic hydroxyl groups is 1. The Morgan fingerprint density at radius 3 is 2.46 bits per heavy atom. The van der Waals surface area contributed by atoms with Crippen LogP contribution in [0.3, 0.4) is 0 Å². The van der Waals surface area contributed by atoms with E-state index in [1.807, 2.05) is 24.3 Å². The van der Waals surface area contributed by atoms with Gasteiger partial charge in [0.05, 0.1) is 0 Å². The first kappa shape index (κ1) is 10.7. The summed E-state index contributed by atoms with van der Waals surface area (Å²) in [6, 6.07) is 7.71. The van der Waals surface area contributed by atoms with Gasteiger partial charge in [-0.25, -0.2) is 0 Å². The zero-order chi connectivity index (χ0) is 9.84. The van der Waals surface area contributed by atoms with Gasteiger partial charge in [-0.2, -0.15) is 0 Å². The van der Waals surface area contributed by atoms with Crippen LogP contribution in [0.15, 0.2) is 24.3 Å². The van der Waals surface area contributed by atoms with Crippen molar-refractivity contribution in [3.63, 3.8) is 0 Å². The van der Waals surface area contributed by atoms with Crippen LogP contribution in [0.1, 0.15) is 12.5 Å². The molecule has 13 heavy (non-hydrogen) atoms. The maximum absolute atomic E-state index is 11.1. The summed E-state index contributed by atoms with van der Waals surface area (Å²) in [6.45, 7) is 1.50. The van der Waals surface area contributed by atoms with Gasteiger partial charge in [0.1, 0.15) is 6.10 Å². The van der Waals surface area contributed by atoms with E-state index in [0.29, 0.717) is 6.42 Å². The first-order chi connectivity index (χ1) is 6.09. The molecule has 0 amide bonds. The van der Waals surface area contributed by atoms with Crippen molar-refractivity contribution >= 4 is 28.4 Å². The minimum Gasteiger partial charge on any atom is -0.386 e. The minimum atomic E-state index is -0.862. The Labute approximate surface area is 91.1 Å². The molecular weight excluding hydrogens is 279 g/mol. The quantitative estimate of drug-likeness (QED) is 0.862. The maximum atomic E-state index is 11.1. The summed E-state index contributed by atoms with van der Waals surface area (Å²) in [7, 11) is 0. The summed E-state index contributed by atoms with van der Waals surface area (Å²) in [5, 5.41) is 8.99. The van der Waals surface area contributed by atoms with Crippen molar-refractivity contribution < 1.29 is 9.90 Å². The number of hydrogen-bond donors (Lipinski definition) is 1. The molecule has 1 unspecified atom stereocenters. The summed E-state index contributed by atoms with van der Waals surface area (Å²) in [5.41, 5.74) is 0.950. The van der Waals surface area contributed by atoms with Gasteiger partial charge in [0.2, 0.25) is 0 Å². The van der Waals surface area contributed by atoms with Crippen LogP contribution in [-0.4, -0.2) is 17.0 Å².